The van der Waals surface area contributed by atoms with Crippen molar-refractivity contribution in [1.82, 2.24) is 0 Å². The van der Waals surface area contributed by atoms with Crippen LogP contribution in [0.25, 0.3) is 0 Å². The van der Waals surface area contributed by atoms with Crippen LogP contribution in [0.4, 0.5) is 5.69 Å². The number of benzene rings is 3. The van der Waals surface area contributed by atoms with Gasteiger partial charge in [0.05, 0.1) is 46.0 Å². The number of para-hydroxylation sites is 1. The summed E-state index contributed by atoms with van der Waals surface area (Å²) in [6.07, 6.45) is 0.413. The molecule has 3 aromatic carbocycles. The van der Waals surface area contributed by atoms with E-state index in [9.17, 15) is 19.8 Å². The fourth-order valence-electron chi connectivity index (χ4n) is 4.71. The molecule has 0 spiro atoms. The van der Waals surface area contributed by atoms with E-state index >= 15 is 0 Å². The minimum absolute atomic E-state index is 0.145. The number of hydrogen-bond acceptors (Lipinski definition) is 8. The quantitative estimate of drug-likeness (QED) is 0.421. The highest BCUT2D eigenvalue weighted by Gasteiger charge is 2.48. The van der Waals surface area contributed by atoms with Crippen LogP contribution < -0.4 is 23.8 Å². The monoisotopic (exact) mass is 507 g/mol. The molecule has 0 aromatic heterocycles. The third-order valence-electron chi connectivity index (χ3n) is 6.57. The van der Waals surface area contributed by atoms with E-state index < -0.39 is 11.8 Å². The number of aromatic hydroxyl groups is 2. The maximum absolute atomic E-state index is 13.7. The SMILES string of the molecule is COc1cc(C[C@H]2C(=O)N(c3ccccc3)C(=O)[C@@H]2Cc2cc(OC)c(O)c(OC)c2)cc(OC)c1O. The van der Waals surface area contributed by atoms with Crippen molar-refractivity contribution < 1.29 is 38.7 Å². The lowest BCUT2D eigenvalue weighted by Crippen LogP contribution is -2.31. The van der Waals surface area contributed by atoms with Gasteiger partial charge in [-0.1, -0.05) is 18.2 Å². The van der Waals surface area contributed by atoms with Gasteiger partial charge >= 0.3 is 0 Å². The largest absolute Gasteiger partial charge is 0.502 e. The molecule has 2 N–H and O–H groups in total. The number of anilines is 1. The number of carbonyl (C=O) groups is 2. The van der Waals surface area contributed by atoms with E-state index in [-0.39, 0.29) is 59.2 Å². The number of rotatable bonds is 9. The number of phenolic OH excluding ortho intramolecular Hbond substituents is 2. The molecule has 0 unspecified atom stereocenters. The molecule has 0 bridgehead atoms. The van der Waals surface area contributed by atoms with E-state index in [4.69, 9.17) is 18.9 Å². The average Bonchev–Trinajstić information content (AvgIpc) is 3.14. The number of methoxy groups -OCH3 is 4. The van der Waals surface area contributed by atoms with Gasteiger partial charge in [0, 0.05) is 0 Å². The molecule has 1 aliphatic heterocycles. The molecule has 0 aliphatic carbocycles. The van der Waals surface area contributed by atoms with E-state index in [1.165, 1.54) is 33.3 Å². The van der Waals surface area contributed by atoms with Crippen LogP contribution in [0, 0.1) is 11.8 Å². The first-order valence-electron chi connectivity index (χ1n) is 11.6. The third kappa shape index (κ3) is 4.84. The second-order valence-corrected chi connectivity index (χ2v) is 8.67. The number of nitrogens with zero attached hydrogens (tertiary/aromatic N) is 1. The number of amides is 2. The summed E-state index contributed by atoms with van der Waals surface area (Å²) in [5.41, 5.74) is 1.82. The van der Waals surface area contributed by atoms with Crippen LogP contribution in [0.3, 0.4) is 0 Å². The predicted molar refractivity (Wildman–Crippen MR) is 136 cm³/mol. The highest BCUT2D eigenvalue weighted by molar-refractivity contribution is 6.22. The molecule has 2 atom stereocenters. The first kappa shape index (κ1) is 25.7. The number of imide groups is 1. The standard InChI is InChI=1S/C28H29NO8/c1-34-21-12-16(13-22(35-2)25(21)30)10-19-20(11-17-14-23(36-3)26(31)24(15-17)37-4)28(33)29(27(19)32)18-8-6-5-7-9-18/h5-9,12-15,19-20,30-31H,10-11H2,1-4H3/t19-,20-/m1/s1. The molecule has 1 saturated heterocycles. The van der Waals surface area contributed by atoms with E-state index in [1.54, 1.807) is 48.5 Å². The molecular weight excluding hydrogens is 478 g/mol. The summed E-state index contributed by atoms with van der Waals surface area (Å²) in [5, 5.41) is 20.6. The van der Waals surface area contributed by atoms with Gasteiger partial charge in [0.15, 0.2) is 23.0 Å². The van der Waals surface area contributed by atoms with Crippen molar-refractivity contribution in [2.24, 2.45) is 11.8 Å². The highest BCUT2D eigenvalue weighted by Crippen LogP contribution is 2.42. The van der Waals surface area contributed by atoms with E-state index in [0.717, 1.165) is 0 Å². The maximum atomic E-state index is 13.7. The van der Waals surface area contributed by atoms with E-state index in [2.05, 4.69) is 0 Å². The molecule has 0 radical (unpaired) electrons. The van der Waals surface area contributed by atoms with Gasteiger partial charge in [-0.2, -0.15) is 0 Å². The van der Waals surface area contributed by atoms with Crippen molar-refractivity contribution in [3.63, 3.8) is 0 Å². The van der Waals surface area contributed by atoms with Crippen molar-refractivity contribution in [3.8, 4) is 34.5 Å². The Balaban J connectivity index is 1.76. The van der Waals surface area contributed by atoms with Crippen LogP contribution in [0.5, 0.6) is 34.5 Å². The highest BCUT2D eigenvalue weighted by atomic mass is 16.5. The van der Waals surface area contributed by atoms with Crippen molar-refractivity contribution in [1.29, 1.82) is 0 Å². The molecule has 1 heterocycles. The number of hydrogen-bond donors (Lipinski definition) is 2. The van der Waals surface area contributed by atoms with Gasteiger partial charge < -0.3 is 29.2 Å². The van der Waals surface area contributed by atoms with Gasteiger partial charge in [0.25, 0.3) is 0 Å². The normalized spacial score (nSPS) is 17.1. The van der Waals surface area contributed by atoms with Gasteiger partial charge in [0.2, 0.25) is 23.3 Å². The Labute approximate surface area is 214 Å². The lowest BCUT2D eigenvalue weighted by atomic mass is 9.84. The summed E-state index contributed by atoms with van der Waals surface area (Å²) in [7, 11) is 5.70. The molecule has 3 aromatic rings. The molecule has 0 saturated carbocycles. The molecule has 2 amide bonds. The van der Waals surface area contributed by atoms with Gasteiger partial charge in [-0.15, -0.1) is 0 Å². The fraction of sp³-hybridized carbons (Fsp3) is 0.286. The van der Waals surface area contributed by atoms with E-state index in [0.29, 0.717) is 16.8 Å². The Kier molecular flexibility index (Phi) is 7.42. The van der Waals surface area contributed by atoms with Gasteiger partial charge in [-0.3, -0.25) is 14.5 Å². The lowest BCUT2D eigenvalue weighted by molar-refractivity contribution is -0.122. The molecule has 194 valence electrons. The summed E-state index contributed by atoms with van der Waals surface area (Å²) in [4.78, 5) is 28.6. The van der Waals surface area contributed by atoms with Crippen LogP contribution >= 0.6 is 0 Å². The summed E-state index contributed by atoms with van der Waals surface area (Å²) in [6, 6.07) is 15.3. The molecule has 37 heavy (non-hydrogen) atoms. The third-order valence-corrected chi connectivity index (χ3v) is 6.57. The lowest BCUT2D eigenvalue weighted by Gasteiger charge is -2.18. The van der Waals surface area contributed by atoms with Crippen LogP contribution in [0.2, 0.25) is 0 Å². The second kappa shape index (κ2) is 10.7. The number of ether oxygens (including phenoxy) is 4. The molecular formula is C28H29NO8. The van der Waals surface area contributed by atoms with Crippen molar-refractivity contribution in [3.05, 3.63) is 65.7 Å². The molecule has 4 rings (SSSR count). The number of phenols is 2. The zero-order chi connectivity index (χ0) is 26.7. The van der Waals surface area contributed by atoms with Crippen LogP contribution in [0.1, 0.15) is 11.1 Å². The van der Waals surface area contributed by atoms with Crippen LogP contribution in [-0.2, 0) is 22.4 Å². The zero-order valence-electron chi connectivity index (χ0n) is 21.1. The summed E-state index contributed by atoms with van der Waals surface area (Å²) in [5.74, 6) is -1.55. The van der Waals surface area contributed by atoms with Gasteiger partial charge in [-0.25, -0.2) is 0 Å². The fourth-order valence-corrected chi connectivity index (χ4v) is 4.71. The Morgan fingerprint density at radius 3 is 1.32 bits per heavy atom. The molecule has 9 nitrogen and oxygen atoms in total. The summed E-state index contributed by atoms with van der Waals surface area (Å²) < 4.78 is 21.1. The number of carbonyl (C=O) groups excluding carboxylic acids is 2. The molecule has 1 aliphatic rings. The summed E-state index contributed by atoms with van der Waals surface area (Å²) in [6.45, 7) is 0. The maximum Gasteiger partial charge on any atom is 0.238 e. The average molecular weight is 508 g/mol. The van der Waals surface area contributed by atoms with Crippen molar-refractivity contribution >= 4 is 17.5 Å². The van der Waals surface area contributed by atoms with E-state index in [1.807, 2.05) is 6.07 Å². The van der Waals surface area contributed by atoms with Gasteiger partial charge in [0.1, 0.15) is 0 Å². The predicted octanol–water partition coefficient (Wildman–Crippen LogP) is 3.72. The Hall–Kier alpha value is -4.40. The minimum atomic E-state index is -0.711. The Morgan fingerprint density at radius 2 is 1.00 bits per heavy atom. The molecule has 1 fully saturated rings. The van der Waals surface area contributed by atoms with Crippen LogP contribution in [-0.4, -0.2) is 50.5 Å². The summed E-state index contributed by atoms with van der Waals surface area (Å²) >= 11 is 0. The Bertz CT molecular complexity index is 1180. The molecule has 9 heteroatoms. The van der Waals surface area contributed by atoms with Crippen molar-refractivity contribution in [2.45, 2.75) is 12.8 Å². The Morgan fingerprint density at radius 1 is 0.649 bits per heavy atom. The first-order chi connectivity index (χ1) is 17.8. The smallest absolute Gasteiger partial charge is 0.238 e. The van der Waals surface area contributed by atoms with Crippen molar-refractivity contribution in [2.75, 3.05) is 33.3 Å². The zero-order valence-corrected chi connectivity index (χ0v) is 21.1. The first-order valence-corrected chi connectivity index (χ1v) is 11.6. The minimum Gasteiger partial charge on any atom is -0.502 e. The van der Waals surface area contributed by atoms with Crippen LogP contribution in [0.15, 0.2) is 54.6 Å². The van der Waals surface area contributed by atoms with Gasteiger partial charge in [-0.05, 0) is 60.4 Å². The second-order valence-electron chi connectivity index (χ2n) is 8.67. The topological polar surface area (TPSA) is 115 Å².